The van der Waals surface area contributed by atoms with E-state index >= 15 is 0 Å². The van der Waals surface area contributed by atoms with Gasteiger partial charge in [-0.25, -0.2) is 0 Å². The quantitative estimate of drug-likeness (QED) is 0.374. The van der Waals surface area contributed by atoms with E-state index in [4.69, 9.17) is 4.74 Å². The van der Waals surface area contributed by atoms with Gasteiger partial charge in [0.05, 0.1) is 18.4 Å². The van der Waals surface area contributed by atoms with Gasteiger partial charge in [0, 0.05) is 30.0 Å². The van der Waals surface area contributed by atoms with Crippen molar-refractivity contribution in [3.8, 4) is 17.1 Å². The van der Waals surface area contributed by atoms with E-state index in [9.17, 15) is 4.79 Å². The van der Waals surface area contributed by atoms with Crippen LogP contribution in [0.25, 0.3) is 11.4 Å². The minimum absolute atomic E-state index is 0.120. The Labute approximate surface area is 176 Å². The summed E-state index contributed by atoms with van der Waals surface area (Å²) in [4.78, 5) is 12.9. The summed E-state index contributed by atoms with van der Waals surface area (Å²) in [5.74, 6) is 1.96. The van der Waals surface area contributed by atoms with Gasteiger partial charge < -0.3 is 13.9 Å². The lowest BCUT2D eigenvalue weighted by Crippen LogP contribution is -2.08. The van der Waals surface area contributed by atoms with Gasteiger partial charge in [0.2, 0.25) is 0 Å². The number of carbonyl (C=O) groups is 1. The summed E-state index contributed by atoms with van der Waals surface area (Å²) in [7, 11) is 1.65. The van der Waals surface area contributed by atoms with Crippen LogP contribution in [-0.4, -0.2) is 38.0 Å². The molecule has 0 aliphatic rings. The van der Waals surface area contributed by atoms with Gasteiger partial charge in [0.25, 0.3) is 0 Å². The molecule has 7 heteroatoms. The summed E-state index contributed by atoms with van der Waals surface area (Å²) in [6, 6.07) is 9.76. The highest BCUT2D eigenvalue weighted by molar-refractivity contribution is 7.99. The number of hydrogen-bond donors (Lipinski definition) is 0. The van der Waals surface area contributed by atoms with E-state index in [-0.39, 0.29) is 5.78 Å². The first-order valence-corrected chi connectivity index (χ1v) is 10.9. The predicted molar refractivity (Wildman–Crippen MR) is 117 cm³/mol. The third-order valence-corrected chi connectivity index (χ3v) is 6.00. The Morgan fingerprint density at radius 1 is 1.14 bits per heavy atom. The number of nitrogens with zero attached hydrogens (tertiary/aromatic N) is 4. The van der Waals surface area contributed by atoms with E-state index in [0.717, 1.165) is 52.2 Å². The lowest BCUT2D eigenvalue weighted by atomic mass is 10.2. The Balaban J connectivity index is 1.81. The van der Waals surface area contributed by atoms with E-state index in [0.29, 0.717) is 12.3 Å². The Bertz CT molecular complexity index is 1010. The van der Waals surface area contributed by atoms with Crippen molar-refractivity contribution in [2.24, 2.45) is 0 Å². The van der Waals surface area contributed by atoms with Crippen LogP contribution in [-0.2, 0) is 13.1 Å². The molecule has 0 N–H and O–H groups in total. The molecule has 0 atom stereocenters. The monoisotopic (exact) mass is 412 g/mol. The average molecular weight is 413 g/mol. The number of thioether (sulfide) groups is 1. The molecule has 0 spiro atoms. The number of carbonyl (C=O) groups excluding carboxylic acids is 1. The number of ether oxygens (including phenoxy) is 1. The maximum Gasteiger partial charge on any atom is 0.191 e. The van der Waals surface area contributed by atoms with Gasteiger partial charge >= 0.3 is 0 Å². The van der Waals surface area contributed by atoms with E-state index in [1.54, 1.807) is 7.11 Å². The largest absolute Gasteiger partial charge is 0.496 e. The van der Waals surface area contributed by atoms with Crippen LogP contribution in [0.2, 0.25) is 0 Å². The molecule has 0 aliphatic heterocycles. The molecule has 2 aromatic heterocycles. The second kappa shape index (κ2) is 9.31. The molecule has 0 fully saturated rings. The fourth-order valence-corrected chi connectivity index (χ4v) is 4.45. The molecule has 0 amide bonds. The van der Waals surface area contributed by atoms with Crippen LogP contribution in [0.3, 0.4) is 0 Å². The Morgan fingerprint density at radius 2 is 1.90 bits per heavy atom. The molecule has 0 radical (unpaired) electrons. The van der Waals surface area contributed by atoms with E-state index in [1.807, 2.05) is 48.7 Å². The SMILES string of the molecule is CCCn1c(C)cc(C(=O)CSc2nnc(-c3ccccc3OC)n2CC)c1C. The van der Waals surface area contributed by atoms with Crippen LogP contribution >= 0.6 is 11.8 Å². The minimum Gasteiger partial charge on any atom is -0.496 e. The first-order chi connectivity index (χ1) is 14.0. The van der Waals surface area contributed by atoms with Crippen molar-refractivity contribution in [3.63, 3.8) is 0 Å². The number of hydrogen-bond acceptors (Lipinski definition) is 5. The normalized spacial score (nSPS) is 11.1. The molecule has 0 saturated carbocycles. The van der Waals surface area contributed by atoms with Crippen LogP contribution in [0.15, 0.2) is 35.5 Å². The second-order valence-electron chi connectivity index (χ2n) is 6.90. The van der Waals surface area contributed by atoms with Crippen LogP contribution in [0.4, 0.5) is 0 Å². The van der Waals surface area contributed by atoms with Crippen molar-refractivity contribution in [1.29, 1.82) is 0 Å². The lowest BCUT2D eigenvalue weighted by molar-refractivity contribution is 0.102. The third kappa shape index (κ3) is 4.24. The number of para-hydroxylation sites is 1. The smallest absolute Gasteiger partial charge is 0.191 e. The van der Waals surface area contributed by atoms with E-state index in [2.05, 4.69) is 28.6 Å². The number of benzene rings is 1. The Kier molecular flexibility index (Phi) is 6.79. The lowest BCUT2D eigenvalue weighted by Gasteiger charge is -2.10. The number of aryl methyl sites for hydroxylation is 1. The third-order valence-electron chi connectivity index (χ3n) is 5.03. The first kappa shape index (κ1) is 21.2. The molecule has 6 nitrogen and oxygen atoms in total. The predicted octanol–water partition coefficient (Wildman–Crippen LogP) is 4.78. The number of aromatic nitrogens is 4. The van der Waals surface area contributed by atoms with Crippen molar-refractivity contribution in [2.75, 3.05) is 12.9 Å². The van der Waals surface area contributed by atoms with Crippen LogP contribution in [0, 0.1) is 13.8 Å². The summed E-state index contributed by atoms with van der Waals surface area (Å²) in [5, 5.41) is 9.46. The molecule has 0 unspecified atom stereocenters. The van der Waals surface area contributed by atoms with E-state index < -0.39 is 0 Å². The van der Waals surface area contributed by atoms with Crippen LogP contribution in [0.1, 0.15) is 42.0 Å². The number of methoxy groups -OCH3 is 1. The van der Waals surface area contributed by atoms with Crippen LogP contribution < -0.4 is 4.74 Å². The summed E-state index contributed by atoms with van der Waals surface area (Å²) in [5.41, 5.74) is 3.87. The van der Waals surface area contributed by atoms with Crippen molar-refractivity contribution in [3.05, 3.63) is 47.3 Å². The fourth-order valence-electron chi connectivity index (χ4n) is 3.57. The zero-order valence-corrected chi connectivity index (χ0v) is 18.5. The maximum absolute atomic E-state index is 12.9. The molecule has 29 heavy (non-hydrogen) atoms. The highest BCUT2D eigenvalue weighted by Crippen LogP contribution is 2.31. The van der Waals surface area contributed by atoms with Gasteiger partial charge in [0.1, 0.15) is 5.75 Å². The Morgan fingerprint density at radius 3 is 2.59 bits per heavy atom. The fraction of sp³-hybridized carbons (Fsp3) is 0.409. The highest BCUT2D eigenvalue weighted by atomic mass is 32.2. The molecule has 3 aromatic rings. The van der Waals surface area contributed by atoms with Crippen molar-refractivity contribution < 1.29 is 9.53 Å². The molecule has 1 aromatic carbocycles. The molecule has 3 rings (SSSR count). The first-order valence-electron chi connectivity index (χ1n) is 9.91. The number of ketones is 1. The summed E-state index contributed by atoms with van der Waals surface area (Å²) in [6.07, 6.45) is 1.05. The van der Waals surface area contributed by atoms with Gasteiger partial charge in [-0.05, 0) is 45.4 Å². The zero-order chi connectivity index (χ0) is 21.0. The van der Waals surface area contributed by atoms with Crippen molar-refractivity contribution >= 4 is 17.5 Å². The molecular formula is C22H28N4O2S. The summed E-state index contributed by atoms with van der Waals surface area (Å²) >= 11 is 1.43. The van der Waals surface area contributed by atoms with Gasteiger partial charge in [-0.3, -0.25) is 4.79 Å². The molecule has 154 valence electrons. The number of Topliss-reactive ketones (excluding diaryl/α,β-unsaturated/α-hetero) is 1. The molecule has 0 bridgehead atoms. The average Bonchev–Trinajstić information content (AvgIpc) is 3.27. The maximum atomic E-state index is 12.9. The summed E-state index contributed by atoms with van der Waals surface area (Å²) < 4.78 is 9.71. The van der Waals surface area contributed by atoms with Gasteiger partial charge in [-0.15, -0.1) is 10.2 Å². The molecular weight excluding hydrogens is 384 g/mol. The Hall–Kier alpha value is -2.54. The topological polar surface area (TPSA) is 61.9 Å². The van der Waals surface area contributed by atoms with Gasteiger partial charge in [0.15, 0.2) is 16.8 Å². The molecule has 2 heterocycles. The van der Waals surface area contributed by atoms with Crippen molar-refractivity contribution in [1.82, 2.24) is 19.3 Å². The van der Waals surface area contributed by atoms with Gasteiger partial charge in [-0.1, -0.05) is 30.8 Å². The molecule has 0 aliphatic carbocycles. The summed E-state index contributed by atoms with van der Waals surface area (Å²) in [6.45, 7) is 9.92. The number of rotatable bonds is 9. The zero-order valence-electron chi connectivity index (χ0n) is 17.7. The highest BCUT2D eigenvalue weighted by Gasteiger charge is 2.19. The van der Waals surface area contributed by atoms with Crippen LogP contribution in [0.5, 0.6) is 5.75 Å². The van der Waals surface area contributed by atoms with Crippen molar-refractivity contribution in [2.45, 2.75) is 52.4 Å². The second-order valence-corrected chi connectivity index (χ2v) is 7.84. The standard InChI is InChI=1S/C22H28N4O2S/c1-6-12-26-15(3)13-18(16(26)4)19(27)14-29-22-24-23-21(25(22)7-2)17-10-8-9-11-20(17)28-5/h8-11,13H,6-7,12,14H2,1-5H3. The van der Waals surface area contributed by atoms with Gasteiger partial charge in [-0.2, -0.15) is 0 Å². The van der Waals surface area contributed by atoms with E-state index in [1.165, 1.54) is 11.8 Å². The minimum atomic E-state index is 0.120. The molecule has 0 saturated heterocycles.